The first kappa shape index (κ1) is 14.1. The van der Waals surface area contributed by atoms with Gasteiger partial charge in [-0.15, -0.1) is 23.1 Å². The lowest BCUT2D eigenvalue weighted by Gasteiger charge is -2.05. The highest BCUT2D eigenvalue weighted by atomic mass is 32.2. The Hall–Kier alpha value is -1.85. The number of aryl methyl sites for hydroxylation is 1. The maximum absolute atomic E-state index is 12.0. The van der Waals surface area contributed by atoms with Gasteiger partial charge in [0.05, 0.1) is 21.5 Å². The first-order chi connectivity index (χ1) is 10.2. The minimum atomic E-state index is 0.00411. The number of thiazole rings is 1. The quantitative estimate of drug-likeness (QED) is 0.729. The molecular formula is C16H14N2OS2. The molecule has 3 rings (SSSR count). The number of anilines is 1. The van der Waals surface area contributed by atoms with E-state index in [1.54, 1.807) is 11.3 Å². The number of carbonyl (C=O) groups excluding carboxylic acids is 1. The molecule has 21 heavy (non-hydrogen) atoms. The summed E-state index contributed by atoms with van der Waals surface area (Å²) >= 11 is 3.11. The Morgan fingerprint density at radius 2 is 2.05 bits per heavy atom. The zero-order chi connectivity index (χ0) is 14.7. The largest absolute Gasteiger partial charge is 0.325 e. The number of rotatable bonds is 4. The first-order valence-corrected chi connectivity index (χ1v) is 8.40. The van der Waals surface area contributed by atoms with E-state index in [2.05, 4.69) is 29.4 Å². The van der Waals surface area contributed by atoms with Crippen LogP contribution in [0.1, 0.15) is 5.56 Å². The molecule has 0 bridgehead atoms. The van der Waals surface area contributed by atoms with Crippen LogP contribution in [-0.2, 0) is 4.79 Å². The molecule has 0 aliphatic carbocycles. The zero-order valence-electron chi connectivity index (χ0n) is 11.5. The number of carbonyl (C=O) groups is 1. The number of benzene rings is 2. The highest BCUT2D eigenvalue weighted by Gasteiger charge is 2.05. The van der Waals surface area contributed by atoms with Gasteiger partial charge in [-0.25, -0.2) is 4.98 Å². The van der Waals surface area contributed by atoms with E-state index >= 15 is 0 Å². The van der Waals surface area contributed by atoms with Crippen molar-refractivity contribution in [2.45, 2.75) is 11.8 Å². The Morgan fingerprint density at radius 3 is 2.86 bits per heavy atom. The van der Waals surface area contributed by atoms with E-state index in [4.69, 9.17) is 0 Å². The van der Waals surface area contributed by atoms with E-state index in [1.165, 1.54) is 17.3 Å². The maximum Gasteiger partial charge on any atom is 0.234 e. The minimum absolute atomic E-state index is 0.00411. The number of hydrogen-bond acceptors (Lipinski definition) is 4. The summed E-state index contributed by atoms with van der Waals surface area (Å²) in [6.07, 6.45) is 0. The monoisotopic (exact) mass is 314 g/mol. The van der Waals surface area contributed by atoms with Crippen molar-refractivity contribution in [3.63, 3.8) is 0 Å². The van der Waals surface area contributed by atoms with Gasteiger partial charge >= 0.3 is 0 Å². The highest BCUT2D eigenvalue weighted by molar-refractivity contribution is 8.00. The normalized spacial score (nSPS) is 10.7. The topological polar surface area (TPSA) is 42.0 Å². The van der Waals surface area contributed by atoms with E-state index < -0.39 is 0 Å². The molecule has 0 saturated carbocycles. The molecule has 0 aliphatic heterocycles. The number of nitrogens with zero attached hydrogens (tertiary/aromatic N) is 1. The van der Waals surface area contributed by atoms with Gasteiger partial charge in [0.2, 0.25) is 5.91 Å². The molecule has 1 aromatic heterocycles. The fourth-order valence-corrected chi connectivity index (χ4v) is 3.33. The molecule has 3 aromatic rings. The molecule has 1 amide bonds. The van der Waals surface area contributed by atoms with Gasteiger partial charge in [0, 0.05) is 10.6 Å². The minimum Gasteiger partial charge on any atom is -0.325 e. The molecule has 1 N–H and O–H groups in total. The standard InChI is InChI=1S/C16H14N2OS2/c1-11-2-5-13(6-3-11)20-9-16(19)18-12-4-7-14-15(8-12)21-10-17-14/h2-8,10H,9H2,1H3,(H,18,19). The molecule has 0 atom stereocenters. The van der Waals surface area contributed by atoms with Crippen molar-refractivity contribution in [2.24, 2.45) is 0 Å². The summed E-state index contributed by atoms with van der Waals surface area (Å²) < 4.78 is 1.08. The van der Waals surface area contributed by atoms with Gasteiger partial charge in [-0.2, -0.15) is 0 Å². The van der Waals surface area contributed by atoms with Gasteiger partial charge < -0.3 is 5.32 Å². The predicted octanol–water partition coefficient (Wildman–Crippen LogP) is 4.34. The number of nitrogens with one attached hydrogen (secondary N) is 1. The molecule has 0 radical (unpaired) electrons. The second-order valence-electron chi connectivity index (χ2n) is 4.68. The lowest BCUT2D eigenvalue weighted by molar-refractivity contribution is -0.113. The van der Waals surface area contributed by atoms with Gasteiger partial charge in [0.15, 0.2) is 0 Å². The van der Waals surface area contributed by atoms with Crippen molar-refractivity contribution in [3.05, 3.63) is 53.5 Å². The molecular weight excluding hydrogens is 300 g/mol. The summed E-state index contributed by atoms with van der Waals surface area (Å²) in [4.78, 5) is 17.3. The van der Waals surface area contributed by atoms with Crippen LogP contribution >= 0.6 is 23.1 Å². The van der Waals surface area contributed by atoms with E-state index in [0.717, 1.165) is 20.8 Å². The predicted molar refractivity (Wildman–Crippen MR) is 90.2 cm³/mol. The number of hydrogen-bond donors (Lipinski definition) is 1. The van der Waals surface area contributed by atoms with E-state index in [-0.39, 0.29) is 5.91 Å². The Labute approximate surface area is 131 Å². The molecule has 0 aliphatic rings. The first-order valence-electron chi connectivity index (χ1n) is 6.53. The average molecular weight is 314 g/mol. The molecule has 0 fully saturated rings. The van der Waals surface area contributed by atoms with Crippen LogP contribution in [0.15, 0.2) is 52.9 Å². The Balaban J connectivity index is 1.59. The van der Waals surface area contributed by atoms with Crippen molar-refractivity contribution in [1.29, 1.82) is 0 Å². The molecule has 0 unspecified atom stereocenters. The van der Waals surface area contributed by atoms with E-state index in [1.807, 2.05) is 35.8 Å². The van der Waals surface area contributed by atoms with Gasteiger partial charge in [-0.05, 0) is 37.3 Å². The fourth-order valence-electron chi connectivity index (χ4n) is 1.91. The Bertz CT molecular complexity index is 765. The summed E-state index contributed by atoms with van der Waals surface area (Å²) in [5.74, 6) is 0.411. The number of thioether (sulfide) groups is 1. The van der Waals surface area contributed by atoms with Crippen molar-refractivity contribution in [2.75, 3.05) is 11.1 Å². The van der Waals surface area contributed by atoms with Crippen LogP contribution in [0, 0.1) is 6.92 Å². The van der Waals surface area contributed by atoms with Crippen LogP contribution in [0.2, 0.25) is 0 Å². The van der Waals surface area contributed by atoms with Gasteiger partial charge in [0.25, 0.3) is 0 Å². The van der Waals surface area contributed by atoms with Crippen molar-refractivity contribution >= 4 is 44.9 Å². The molecule has 5 heteroatoms. The third-order valence-corrected chi connectivity index (χ3v) is 4.81. The second-order valence-corrected chi connectivity index (χ2v) is 6.62. The highest BCUT2D eigenvalue weighted by Crippen LogP contribution is 2.23. The summed E-state index contributed by atoms with van der Waals surface area (Å²) in [5.41, 5.74) is 4.82. The number of fused-ring (bicyclic) bond motifs is 1. The zero-order valence-corrected chi connectivity index (χ0v) is 13.1. The summed E-state index contributed by atoms with van der Waals surface area (Å²) in [6.45, 7) is 2.05. The molecule has 1 heterocycles. The lowest BCUT2D eigenvalue weighted by Crippen LogP contribution is -2.13. The average Bonchev–Trinajstić information content (AvgIpc) is 2.94. The second kappa shape index (κ2) is 6.28. The smallest absolute Gasteiger partial charge is 0.234 e. The van der Waals surface area contributed by atoms with Crippen LogP contribution in [0.3, 0.4) is 0 Å². The third kappa shape index (κ3) is 3.62. The van der Waals surface area contributed by atoms with Gasteiger partial charge in [0.1, 0.15) is 0 Å². The van der Waals surface area contributed by atoms with Crippen molar-refractivity contribution < 1.29 is 4.79 Å². The van der Waals surface area contributed by atoms with Gasteiger partial charge in [-0.3, -0.25) is 4.79 Å². The van der Waals surface area contributed by atoms with Crippen LogP contribution in [0.4, 0.5) is 5.69 Å². The molecule has 106 valence electrons. The number of amides is 1. The van der Waals surface area contributed by atoms with Crippen molar-refractivity contribution in [1.82, 2.24) is 4.98 Å². The molecule has 0 saturated heterocycles. The Morgan fingerprint density at radius 1 is 1.24 bits per heavy atom. The lowest BCUT2D eigenvalue weighted by atomic mass is 10.2. The van der Waals surface area contributed by atoms with Crippen molar-refractivity contribution in [3.8, 4) is 0 Å². The van der Waals surface area contributed by atoms with Crippen LogP contribution in [-0.4, -0.2) is 16.6 Å². The number of aromatic nitrogens is 1. The van der Waals surface area contributed by atoms with E-state index in [0.29, 0.717) is 5.75 Å². The third-order valence-electron chi connectivity index (χ3n) is 3.01. The Kier molecular flexibility index (Phi) is 4.22. The molecule has 2 aromatic carbocycles. The van der Waals surface area contributed by atoms with Crippen LogP contribution in [0.5, 0.6) is 0 Å². The fraction of sp³-hybridized carbons (Fsp3) is 0.125. The summed E-state index contributed by atoms with van der Waals surface area (Å²) in [7, 11) is 0. The van der Waals surface area contributed by atoms with Crippen LogP contribution < -0.4 is 5.32 Å². The SMILES string of the molecule is Cc1ccc(SCC(=O)Nc2ccc3ncsc3c2)cc1. The van der Waals surface area contributed by atoms with Gasteiger partial charge in [-0.1, -0.05) is 17.7 Å². The maximum atomic E-state index is 12.0. The molecule has 3 nitrogen and oxygen atoms in total. The van der Waals surface area contributed by atoms with E-state index in [9.17, 15) is 4.79 Å². The molecule has 0 spiro atoms. The van der Waals surface area contributed by atoms with Crippen LogP contribution in [0.25, 0.3) is 10.2 Å². The summed E-state index contributed by atoms with van der Waals surface area (Å²) in [6, 6.07) is 14.0. The summed E-state index contributed by atoms with van der Waals surface area (Å²) in [5, 5.41) is 2.92.